The van der Waals surface area contributed by atoms with E-state index in [0.29, 0.717) is 6.61 Å². The topological polar surface area (TPSA) is 27.1 Å². The minimum absolute atomic E-state index is 0.645. The predicted molar refractivity (Wildman–Crippen MR) is 58.9 cm³/mol. The summed E-state index contributed by atoms with van der Waals surface area (Å²) in [5, 5.41) is 4.18. The van der Waals surface area contributed by atoms with Crippen molar-refractivity contribution < 1.29 is 4.74 Å². The fourth-order valence-electron chi connectivity index (χ4n) is 1.40. The summed E-state index contributed by atoms with van der Waals surface area (Å²) < 4.78 is 7.51. The maximum atomic E-state index is 5.57. The number of aryl methyl sites for hydroxylation is 1. The number of hydrogen-bond donors (Lipinski definition) is 0. The summed E-state index contributed by atoms with van der Waals surface area (Å²) in [5.74, 6) is 0.905. The average Bonchev–Trinajstić information content (AvgIpc) is 2.66. The van der Waals surface area contributed by atoms with Gasteiger partial charge in [0.2, 0.25) is 0 Å². The molecule has 0 aliphatic carbocycles. The standard InChI is InChI=1S/C12H14N2O/c1-11-7-8-13-14(11)9-10-15-12-5-3-2-4-6-12/h2-8H,9-10H2,1H3. The Morgan fingerprint density at radius 3 is 2.67 bits per heavy atom. The molecule has 3 nitrogen and oxygen atoms in total. The fourth-order valence-corrected chi connectivity index (χ4v) is 1.40. The zero-order valence-electron chi connectivity index (χ0n) is 8.76. The molecule has 1 aromatic carbocycles. The highest BCUT2D eigenvalue weighted by atomic mass is 16.5. The van der Waals surface area contributed by atoms with Gasteiger partial charge in [0.15, 0.2) is 0 Å². The Hall–Kier alpha value is -1.77. The van der Waals surface area contributed by atoms with E-state index < -0.39 is 0 Å². The fraction of sp³-hybridized carbons (Fsp3) is 0.250. The second kappa shape index (κ2) is 4.64. The van der Waals surface area contributed by atoms with Crippen LogP contribution in [0.2, 0.25) is 0 Å². The Morgan fingerprint density at radius 2 is 2.00 bits per heavy atom. The largest absolute Gasteiger partial charge is 0.492 e. The normalized spacial score (nSPS) is 10.2. The van der Waals surface area contributed by atoms with Gasteiger partial charge in [0.05, 0.1) is 6.54 Å². The van der Waals surface area contributed by atoms with E-state index in [1.807, 2.05) is 48.0 Å². The number of rotatable bonds is 4. The van der Waals surface area contributed by atoms with Crippen LogP contribution < -0.4 is 4.74 Å². The maximum Gasteiger partial charge on any atom is 0.119 e. The molecule has 0 amide bonds. The number of nitrogens with zero attached hydrogens (tertiary/aromatic N) is 2. The summed E-state index contributed by atoms with van der Waals surface area (Å²) in [6.07, 6.45) is 1.80. The molecule has 0 unspecified atom stereocenters. The molecule has 0 bridgehead atoms. The zero-order chi connectivity index (χ0) is 10.5. The van der Waals surface area contributed by atoms with Crippen LogP contribution in [-0.4, -0.2) is 16.4 Å². The lowest BCUT2D eigenvalue weighted by Gasteiger charge is -2.07. The van der Waals surface area contributed by atoms with Crippen LogP contribution in [0, 0.1) is 6.92 Å². The highest BCUT2D eigenvalue weighted by Crippen LogP contribution is 2.08. The van der Waals surface area contributed by atoms with Crippen LogP contribution in [0.25, 0.3) is 0 Å². The zero-order valence-corrected chi connectivity index (χ0v) is 8.76. The first-order valence-electron chi connectivity index (χ1n) is 5.02. The number of aromatic nitrogens is 2. The van der Waals surface area contributed by atoms with Crippen LogP contribution in [0.3, 0.4) is 0 Å². The molecule has 0 radical (unpaired) electrons. The van der Waals surface area contributed by atoms with Crippen molar-refractivity contribution in [2.75, 3.05) is 6.61 Å². The molecule has 0 saturated carbocycles. The average molecular weight is 202 g/mol. The first-order valence-corrected chi connectivity index (χ1v) is 5.02. The van der Waals surface area contributed by atoms with Gasteiger partial charge in [-0.3, -0.25) is 4.68 Å². The van der Waals surface area contributed by atoms with E-state index in [-0.39, 0.29) is 0 Å². The first kappa shape index (κ1) is 9.77. The van der Waals surface area contributed by atoms with Crippen LogP contribution in [-0.2, 0) is 6.54 Å². The molecular weight excluding hydrogens is 188 g/mol. The van der Waals surface area contributed by atoms with Gasteiger partial charge < -0.3 is 4.74 Å². The van der Waals surface area contributed by atoms with Gasteiger partial charge >= 0.3 is 0 Å². The van der Waals surface area contributed by atoms with Crippen LogP contribution in [0.5, 0.6) is 5.75 Å². The first-order chi connectivity index (χ1) is 7.36. The highest BCUT2D eigenvalue weighted by Gasteiger charge is 1.96. The molecular formula is C12H14N2O. The van der Waals surface area contributed by atoms with Crippen LogP contribution in [0.15, 0.2) is 42.6 Å². The lowest BCUT2D eigenvalue weighted by molar-refractivity contribution is 0.290. The second-order valence-corrected chi connectivity index (χ2v) is 3.36. The number of para-hydroxylation sites is 1. The Bertz CT molecular complexity index is 409. The quantitative estimate of drug-likeness (QED) is 0.760. The third-order valence-corrected chi connectivity index (χ3v) is 2.24. The highest BCUT2D eigenvalue weighted by molar-refractivity contribution is 5.20. The van der Waals surface area contributed by atoms with Gasteiger partial charge in [-0.2, -0.15) is 5.10 Å². The van der Waals surface area contributed by atoms with Gasteiger partial charge in [0, 0.05) is 11.9 Å². The molecule has 0 fully saturated rings. The van der Waals surface area contributed by atoms with Crippen molar-refractivity contribution in [1.82, 2.24) is 9.78 Å². The third kappa shape index (κ3) is 2.59. The molecule has 0 spiro atoms. The maximum absolute atomic E-state index is 5.57. The van der Waals surface area contributed by atoms with E-state index in [4.69, 9.17) is 4.74 Å². The van der Waals surface area contributed by atoms with E-state index in [0.717, 1.165) is 18.0 Å². The molecule has 1 heterocycles. The summed E-state index contributed by atoms with van der Waals surface area (Å²) in [7, 11) is 0. The van der Waals surface area contributed by atoms with Crippen molar-refractivity contribution in [3.05, 3.63) is 48.3 Å². The Kier molecular flexibility index (Phi) is 3.02. The van der Waals surface area contributed by atoms with Gasteiger partial charge in [0.1, 0.15) is 12.4 Å². The van der Waals surface area contributed by atoms with Gasteiger partial charge in [-0.1, -0.05) is 18.2 Å². The summed E-state index contributed by atoms with van der Waals surface area (Å²) in [5.41, 5.74) is 1.16. The molecule has 2 aromatic rings. The van der Waals surface area contributed by atoms with Crippen LogP contribution in [0.4, 0.5) is 0 Å². The Balaban J connectivity index is 1.83. The number of benzene rings is 1. The summed E-state index contributed by atoms with van der Waals surface area (Å²) in [6.45, 7) is 3.47. The van der Waals surface area contributed by atoms with Crippen molar-refractivity contribution >= 4 is 0 Å². The van der Waals surface area contributed by atoms with E-state index >= 15 is 0 Å². The Morgan fingerprint density at radius 1 is 1.20 bits per heavy atom. The van der Waals surface area contributed by atoms with E-state index in [9.17, 15) is 0 Å². The Labute approximate surface area is 89.3 Å². The third-order valence-electron chi connectivity index (χ3n) is 2.24. The lowest BCUT2D eigenvalue weighted by Crippen LogP contribution is -2.10. The van der Waals surface area contributed by atoms with Crippen molar-refractivity contribution in [2.45, 2.75) is 13.5 Å². The SMILES string of the molecule is Cc1ccnn1CCOc1ccccc1. The molecule has 0 atom stereocenters. The van der Waals surface area contributed by atoms with Crippen molar-refractivity contribution in [1.29, 1.82) is 0 Å². The van der Waals surface area contributed by atoms with E-state index in [2.05, 4.69) is 5.10 Å². The van der Waals surface area contributed by atoms with Crippen molar-refractivity contribution in [2.24, 2.45) is 0 Å². The van der Waals surface area contributed by atoms with Gasteiger partial charge in [-0.05, 0) is 25.1 Å². The molecule has 2 rings (SSSR count). The molecule has 0 aliphatic rings. The lowest BCUT2D eigenvalue weighted by atomic mass is 10.3. The smallest absolute Gasteiger partial charge is 0.119 e. The number of hydrogen-bond acceptors (Lipinski definition) is 2. The second-order valence-electron chi connectivity index (χ2n) is 3.36. The minimum Gasteiger partial charge on any atom is -0.492 e. The van der Waals surface area contributed by atoms with Gasteiger partial charge in [-0.25, -0.2) is 0 Å². The van der Waals surface area contributed by atoms with Gasteiger partial charge in [-0.15, -0.1) is 0 Å². The summed E-state index contributed by atoms with van der Waals surface area (Å²) in [6, 6.07) is 11.8. The molecule has 0 aliphatic heterocycles. The van der Waals surface area contributed by atoms with E-state index in [1.165, 1.54) is 0 Å². The van der Waals surface area contributed by atoms with Crippen molar-refractivity contribution in [3.8, 4) is 5.75 Å². The summed E-state index contributed by atoms with van der Waals surface area (Å²) >= 11 is 0. The van der Waals surface area contributed by atoms with Crippen LogP contribution >= 0.6 is 0 Å². The van der Waals surface area contributed by atoms with Gasteiger partial charge in [0.25, 0.3) is 0 Å². The molecule has 0 saturated heterocycles. The molecule has 0 N–H and O–H groups in total. The van der Waals surface area contributed by atoms with Crippen molar-refractivity contribution in [3.63, 3.8) is 0 Å². The molecule has 78 valence electrons. The van der Waals surface area contributed by atoms with E-state index in [1.54, 1.807) is 6.20 Å². The monoisotopic (exact) mass is 202 g/mol. The molecule has 1 aromatic heterocycles. The predicted octanol–water partition coefficient (Wildman–Crippen LogP) is 2.27. The molecule has 15 heavy (non-hydrogen) atoms. The number of ether oxygens (including phenoxy) is 1. The van der Waals surface area contributed by atoms with Crippen LogP contribution in [0.1, 0.15) is 5.69 Å². The minimum atomic E-state index is 0.645. The molecule has 3 heteroatoms. The summed E-state index contributed by atoms with van der Waals surface area (Å²) in [4.78, 5) is 0.